The summed E-state index contributed by atoms with van der Waals surface area (Å²) in [7, 11) is 0. The Bertz CT molecular complexity index is 362. The van der Waals surface area contributed by atoms with E-state index in [2.05, 4.69) is 48.0 Å². The number of hydrogen-bond acceptors (Lipinski definition) is 0. The molecule has 2 rings (SSSR count). The number of alkyl halides is 1. The van der Waals surface area contributed by atoms with Crippen LogP contribution in [0.2, 0.25) is 0 Å². The molecule has 0 N–H and O–H groups in total. The van der Waals surface area contributed by atoms with Crippen LogP contribution in [0.4, 0.5) is 0 Å². The van der Waals surface area contributed by atoms with E-state index in [0.717, 1.165) is 11.8 Å². The molecule has 0 atom stereocenters. The predicted octanol–water partition coefficient (Wildman–Crippen LogP) is 5.36. The first kappa shape index (κ1) is 13.1. The second kappa shape index (κ2) is 6.04. The maximum Gasteiger partial charge on any atom is 0.00339 e. The Hall–Kier alpha value is -0.300. The summed E-state index contributed by atoms with van der Waals surface area (Å²) in [6.45, 7) is 4.52. The van der Waals surface area contributed by atoms with Gasteiger partial charge in [-0.25, -0.2) is 0 Å². The predicted molar refractivity (Wildman–Crippen MR) is 79.0 cm³/mol. The Morgan fingerprint density at radius 1 is 1.12 bits per heavy atom. The third-order valence-corrected chi connectivity index (χ3v) is 4.91. The molecule has 1 heteroatoms. The first-order valence-corrected chi connectivity index (χ1v) is 7.96. The van der Waals surface area contributed by atoms with Crippen LogP contribution in [0.1, 0.15) is 54.7 Å². The third-order valence-electron chi connectivity index (χ3n) is 4.45. The van der Waals surface area contributed by atoms with Gasteiger partial charge in [0.25, 0.3) is 0 Å². The zero-order chi connectivity index (χ0) is 12.3. The van der Waals surface area contributed by atoms with Gasteiger partial charge in [0.05, 0.1) is 0 Å². The zero-order valence-corrected chi connectivity index (χ0v) is 12.6. The normalized spacial score (nSPS) is 24.9. The Kier molecular flexibility index (Phi) is 4.67. The number of benzene rings is 1. The van der Waals surface area contributed by atoms with E-state index in [9.17, 15) is 0 Å². The second-order valence-corrected chi connectivity index (χ2v) is 6.28. The summed E-state index contributed by atoms with van der Waals surface area (Å²) in [5.41, 5.74) is 4.59. The molecule has 0 heterocycles. The molecule has 0 nitrogen and oxygen atoms in total. The summed E-state index contributed by atoms with van der Waals surface area (Å²) in [5, 5.41) is 1.17. The van der Waals surface area contributed by atoms with Crippen LogP contribution in [0.3, 0.4) is 0 Å². The van der Waals surface area contributed by atoms with Crippen molar-refractivity contribution in [1.82, 2.24) is 0 Å². The van der Waals surface area contributed by atoms with Gasteiger partial charge in [0.1, 0.15) is 0 Å². The van der Waals surface area contributed by atoms with Crippen molar-refractivity contribution >= 4 is 15.9 Å². The monoisotopic (exact) mass is 294 g/mol. The molecular weight excluding hydrogens is 272 g/mol. The van der Waals surface area contributed by atoms with Gasteiger partial charge in [-0.05, 0) is 74.5 Å². The Labute approximate surface area is 114 Å². The van der Waals surface area contributed by atoms with E-state index in [1.807, 2.05) is 0 Å². The average Bonchev–Trinajstić information content (AvgIpc) is 2.34. The van der Waals surface area contributed by atoms with Crippen LogP contribution in [0, 0.1) is 19.8 Å². The highest BCUT2D eigenvalue weighted by molar-refractivity contribution is 9.09. The molecule has 0 saturated heterocycles. The van der Waals surface area contributed by atoms with Crippen LogP contribution in [-0.2, 0) is 0 Å². The summed E-state index contributed by atoms with van der Waals surface area (Å²) >= 11 is 3.57. The van der Waals surface area contributed by atoms with Crippen molar-refractivity contribution in [2.24, 2.45) is 5.92 Å². The van der Waals surface area contributed by atoms with Crippen molar-refractivity contribution in [3.8, 4) is 0 Å². The largest absolute Gasteiger partial charge is 0.0928 e. The van der Waals surface area contributed by atoms with Gasteiger partial charge in [-0.3, -0.25) is 0 Å². The summed E-state index contributed by atoms with van der Waals surface area (Å²) in [5.74, 6) is 1.79. The topological polar surface area (TPSA) is 0 Å². The first-order valence-electron chi connectivity index (χ1n) is 6.84. The lowest BCUT2D eigenvalue weighted by Crippen LogP contribution is -2.14. The minimum absolute atomic E-state index is 0.821. The highest BCUT2D eigenvalue weighted by atomic mass is 79.9. The molecule has 94 valence electrons. The minimum atomic E-state index is 0.821. The van der Waals surface area contributed by atoms with Gasteiger partial charge >= 0.3 is 0 Å². The van der Waals surface area contributed by atoms with Crippen molar-refractivity contribution in [3.05, 3.63) is 34.9 Å². The standard InChI is InChI=1S/C16H23Br/c1-12-4-3-5-16(13(12)2)15-8-6-14(7-9-15)10-11-17/h3-5,14-15H,6-11H2,1-2H3. The van der Waals surface area contributed by atoms with Crippen molar-refractivity contribution in [2.75, 3.05) is 5.33 Å². The quantitative estimate of drug-likeness (QED) is 0.658. The molecule has 17 heavy (non-hydrogen) atoms. The lowest BCUT2D eigenvalue weighted by atomic mass is 9.76. The van der Waals surface area contributed by atoms with E-state index in [0.29, 0.717) is 0 Å². The van der Waals surface area contributed by atoms with Crippen LogP contribution >= 0.6 is 15.9 Å². The number of aryl methyl sites for hydroxylation is 1. The Morgan fingerprint density at radius 3 is 2.47 bits per heavy atom. The fourth-order valence-electron chi connectivity index (χ4n) is 3.13. The summed E-state index contributed by atoms with van der Waals surface area (Å²) in [6, 6.07) is 6.80. The van der Waals surface area contributed by atoms with Gasteiger partial charge in [0.2, 0.25) is 0 Å². The van der Waals surface area contributed by atoms with E-state index in [1.54, 1.807) is 5.56 Å². The van der Waals surface area contributed by atoms with E-state index in [1.165, 1.54) is 48.6 Å². The van der Waals surface area contributed by atoms with E-state index < -0.39 is 0 Å². The van der Waals surface area contributed by atoms with Crippen LogP contribution in [0.5, 0.6) is 0 Å². The number of halogens is 1. The minimum Gasteiger partial charge on any atom is -0.0928 e. The van der Waals surface area contributed by atoms with Crippen molar-refractivity contribution in [2.45, 2.75) is 51.9 Å². The van der Waals surface area contributed by atoms with E-state index in [-0.39, 0.29) is 0 Å². The molecule has 1 aliphatic carbocycles. The van der Waals surface area contributed by atoms with Crippen LogP contribution in [0.25, 0.3) is 0 Å². The number of rotatable bonds is 3. The second-order valence-electron chi connectivity index (χ2n) is 5.48. The fraction of sp³-hybridized carbons (Fsp3) is 0.625. The highest BCUT2D eigenvalue weighted by Gasteiger charge is 2.23. The molecule has 0 amide bonds. The lowest BCUT2D eigenvalue weighted by Gasteiger charge is -2.29. The Morgan fingerprint density at radius 2 is 1.82 bits per heavy atom. The molecular formula is C16H23Br. The SMILES string of the molecule is Cc1cccc(C2CCC(CCBr)CC2)c1C. The molecule has 1 aromatic carbocycles. The first-order chi connectivity index (χ1) is 8.22. The molecule has 1 aromatic rings. The van der Waals surface area contributed by atoms with Gasteiger partial charge in [0, 0.05) is 5.33 Å². The van der Waals surface area contributed by atoms with Crippen LogP contribution < -0.4 is 0 Å². The smallest absolute Gasteiger partial charge is 0.00339 e. The summed E-state index contributed by atoms with van der Waals surface area (Å²) < 4.78 is 0. The van der Waals surface area contributed by atoms with Crippen molar-refractivity contribution in [1.29, 1.82) is 0 Å². The molecule has 1 aliphatic rings. The molecule has 0 unspecified atom stereocenters. The third kappa shape index (κ3) is 3.13. The summed E-state index contributed by atoms with van der Waals surface area (Å²) in [6.07, 6.45) is 6.98. The van der Waals surface area contributed by atoms with Gasteiger partial charge in [-0.1, -0.05) is 34.1 Å². The molecule has 0 bridgehead atoms. The number of hydrogen-bond donors (Lipinski definition) is 0. The Balaban J connectivity index is 2.03. The maximum atomic E-state index is 3.57. The zero-order valence-electron chi connectivity index (χ0n) is 11.0. The lowest BCUT2D eigenvalue weighted by molar-refractivity contribution is 0.320. The summed E-state index contributed by atoms with van der Waals surface area (Å²) in [4.78, 5) is 0. The van der Waals surface area contributed by atoms with Gasteiger partial charge < -0.3 is 0 Å². The van der Waals surface area contributed by atoms with E-state index in [4.69, 9.17) is 0 Å². The highest BCUT2D eigenvalue weighted by Crippen LogP contribution is 2.38. The van der Waals surface area contributed by atoms with Gasteiger partial charge in [-0.2, -0.15) is 0 Å². The average molecular weight is 295 g/mol. The van der Waals surface area contributed by atoms with Gasteiger partial charge in [-0.15, -0.1) is 0 Å². The van der Waals surface area contributed by atoms with Gasteiger partial charge in [0.15, 0.2) is 0 Å². The molecule has 1 saturated carbocycles. The van der Waals surface area contributed by atoms with Crippen LogP contribution in [0.15, 0.2) is 18.2 Å². The van der Waals surface area contributed by atoms with Crippen molar-refractivity contribution < 1.29 is 0 Å². The van der Waals surface area contributed by atoms with Crippen LogP contribution in [-0.4, -0.2) is 5.33 Å². The molecule has 0 radical (unpaired) electrons. The fourth-order valence-corrected chi connectivity index (χ4v) is 3.78. The molecule has 0 spiro atoms. The van der Waals surface area contributed by atoms with E-state index >= 15 is 0 Å². The van der Waals surface area contributed by atoms with Crippen molar-refractivity contribution in [3.63, 3.8) is 0 Å². The molecule has 1 fully saturated rings. The molecule has 0 aromatic heterocycles. The maximum absolute atomic E-state index is 3.57. The molecule has 0 aliphatic heterocycles.